The normalized spacial score (nSPS) is 21.6. The van der Waals surface area contributed by atoms with Crippen LogP contribution in [-0.2, 0) is 16.0 Å². The van der Waals surface area contributed by atoms with Crippen LogP contribution < -0.4 is 5.32 Å². The number of carbonyl (C=O) groups excluding carboxylic acids is 1. The molecule has 1 amide bonds. The lowest BCUT2D eigenvalue weighted by Crippen LogP contribution is -2.56. The summed E-state index contributed by atoms with van der Waals surface area (Å²) in [6.45, 7) is 1.35. The largest absolute Gasteiger partial charge is 0.381 e. The van der Waals surface area contributed by atoms with Crippen LogP contribution in [0.5, 0.6) is 0 Å². The lowest BCUT2D eigenvalue weighted by atomic mass is 9.72. The van der Waals surface area contributed by atoms with Gasteiger partial charge in [-0.25, -0.2) is 4.39 Å². The third kappa shape index (κ3) is 3.43. The highest BCUT2D eigenvalue weighted by Gasteiger charge is 2.39. The van der Waals surface area contributed by atoms with Gasteiger partial charge in [-0.15, -0.1) is 0 Å². The molecule has 1 aliphatic carbocycles. The quantitative estimate of drug-likeness (QED) is 0.926. The summed E-state index contributed by atoms with van der Waals surface area (Å²) in [6.07, 6.45) is 5.43. The van der Waals surface area contributed by atoms with Crippen molar-refractivity contribution in [2.75, 3.05) is 13.2 Å². The van der Waals surface area contributed by atoms with Gasteiger partial charge in [0.15, 0.2) is 0 Å². The molecule has 1 aromatic rings. The van der Waals surface area contributed by atoms with Crippen molar-refractivity contribution in [2.45, 2.75) is 44.1 Å². The topological polar surface area (TPSA) is 38.3 Å². The van der Waals surface area contributed by atoms with Crippen LogP contribution in [0, 0.1) is 11.7 Å². The molecular weight excluding hydrogens is 269 g/mol. The Morgan fingerprint density at radius 2 is 2.10 bits per heavy atom. The molecule has 2 aliphatic rings. The first-order valence-electron chi connectivity index (χ1n) is 7.81. The van der Waals surface area contributed by atoms with E-state index in [1.165, 1.54) is 6.07 Å². The van der Waals surface area contributed by atoms with Crippen LogP contribution in [0.3, 0.4) is 0 Å². The minimum atomic E-state index is -0.210. The van der Waals surface area contributed by atoms with Crippen LogP contribution in [-0.4, -0.2) is 24.7 Å². The van der Waals surface area contributed by atoms with E-state index < -0.39 is 0 Å². The average molecular weight is 291 g/mol. The summed E-state index contributed by atoms with van der Waals surface area (Å²) in [7, 11) is 0. The zero-order valence-electron chi connectivity index (χ0n) is 12.2. The predicted octanol–water partition coefficient (Wildman–Crippen LogP) is 2.83. The van der Waals surface area contributed by atoms with E-state index in [1.54, 1.807) is 12.1 Å². The maximum Gasteiger partial charge on any atom is 0.223 e. The van der Waals surface area contributed by atoms with Gasteiger partial charge < -0.3 is 10.1 Å². The lowest BCUT2D eigenvalue weighted by molar-refractivity contribution is -0.131. The van der Waals surface area contributed by atoms with E-state index in [-0.39, 0.29) is 23.2 Å². The number of halogens is 1. The molecule has 1 aliphatic heterocycles. The molecular formula is C17H22FNO2. The second kappa shape index (κ2) is 6.14. The van der Waals surface area contributed by atoms with E-state index in [4.69, 9.17) is 4.74 Å². The number of carbonyl (C=O) groups is 1. The number of hydrogen-bond donors (Lipinski definition) is 1. The summed E-state index contributed by atoms with van der Waals surface area (Å²) < 4.78 is 18.6. The van der Waals surface area contributed by atoms with Crippen LogP contribution in [0.25, 0.3) is 0 Å². The molecule has 114 valence electrons. The third-order valence-electron chi connectivity index (χ3n) is 4.72. The van der Waals surface area contributed by atoms with E-state index in [9.17, 15) is 9.18 Å². The molecule has 1 heterocycles. The van der Waals surface area contributed by atoms with Crippen molar-refractivity contribution < 1.29 is 13.9 Å². The minimum absolute atomic E-state index is 0.0729. The Morgan fingerprint density at radius 1 is 1.33 bits per heavy atom. The standard InChI is InChI=1S/C17H22FNO2/c18-15-4-1-3-13(11-15)12-17(7-2-8-17)19-16(20)14-5-9-21-10-6-14/h1,3-4,11,14H,2,5-10,12H2,(H,19,20). The molecule has 0 spiro atoms. The molecule has 0 unspecified atom stereocenters. The van der Waals surface area contributed by atoms with E-state index in [2.05, 4.69) is 5.32 Å². The number of ether oxygens (including phenoxy) is 1. The summed E-state index contributed by atoms with van der Waals surface area (Å²) in [5.41, 5.74) is 0.797. The molecule has 1 saturated carbocycles. The molecule has 4 heteroatoms. The van der Waals surface area contributed by atoms with E-state index in [0.717, 1.165) is 44.1 Å². The van der Waals surface area contributed by atoms with Crippen molar-refractivity contribution in [3.05, 3.63) is 35.6 Å². The molecule has 0 radical (unpaired) electrons. The fourth-order valence-electron chi connectivity index (χ4n) is 3.31. The summed E-state index contributed by atoms with van der Waals surface area (Å²) in [6, 6.07) is 6.69. The number of nitrogens with one attached hydrogen (secondary N) is 1. The van der Waals surface area contributed by atoms with Crippen molar-refractivity contribution in [2.24, 2.45) is 5.92 Å². The van der Waals surface area contributed by atoms with Gasteiger partial charge in [0, 0.05) is 24.7 Å². The number of benzene rings is 1. The fraction of sp³-hybridized carbons (Fsp3) is 0.588. The lowest BCUT2D eigenvalue weighted by Gasteiger charge is -2.44. The van der Waals surface area contributed by atoms with Crippen LogP contribution in [0.4, 0.5) is 4.39 Å². The van der Waals surface area contributed by atoms with Gasteiger partial charge in [0.2, 0.25) is 5.91 Å². The third-order valence-corrected chi connectivity index (χ3v) is 4.72. The second-order valence-electron chi connectivity index (χ2n) is 6.32. The highest BCUT2D eigenvalue weighted by Crippen LogP contribution is 2.35. The zero-order valence-corrected chi connectivity index (χ0v) is 12.2. The van der Waals surface area contributed by atoms with Crippen molar-refractivity contribution in [1.82, 2.24) is 5.32 Å². The highest BCUT2D eigenvalue weighted by atomic mass is 19.1. The minimum Gasteiger partial charge on any atom is -0.381 e. The number of amides is 1. The first-order valence-corrected chi connectivity index (χ1v) is 7.81. The Balaban J connectivity index is 1.64. The van der Waals surface area contributed by atoms with Gasteiger partial charge in [0.1, 0.15) is 5.82 Å². The van der Waals surface area contributed by atoms with Gasteiger partial charge in [-0.3, -0.25) is 4.79 Å². The first kappa shape index (κ1) is 14.5. The van der Waals surface area contributed by atoms with Gasteiger partial charge in [-0.05, 0) is 56.2 Å². The molecule has 2 fully saturated rings. The van der Waals surface area contributed by atoms with Gasteiger partial charge in [-0.2, -0.15) is 0 Å². The summed E-state index contributed by atoms with van der Waals surface area (Å²) in [5, 5.41) is 3.25. The molecule has 1 saturated heterocycles. The Hall–Kier alpha value is -1.42. The smallest absolute Gasteiger partial charge is 0.223 e. The molecule has 3 rings (SSSR count). The average Bonchev–Trinajstić information content (AvgIpc) is 2.46. The maximum atomic E-state index is 13.3. The van der Waals surface area contributed by atoms with Crippen LogP contribution in [0.2, 0.25) is 0 Å². The Bertz CT molecular complexity index is 507. The Kier molecular flexibility index (Phi) is 4.24. The Labute approximate surface area is 124 Å². The monoisotopic (exact) mass is 291 g/mol. The van der Waals surface area contributed by atoms with Crippen molar-refractivity contribution in [3.63, 3.8) is 0 Å². The summed E-state index contributed by atoms with van der Waals surface area (Å²) in [5.74, 6) is 0.0101. The summed E-state index contributed by atoms with van der Waals surface area (Å²) in [4.78, 5) is 12.4. The molecule has 1 aromatic carbocycles. The molecule has 1 N–H and O–H groups in total. The molecule has 0 bridgehead atoms. The first-order chi connectivity index (χ1) is 10.2. The van der Waals surface area contributed by atoms with E-state index in [0.29, 0.717) is 13.2 Å². The zero-order chi connectivity index (χ0) is 14.7. The van der Waals surface area contributed by atoms with Crippen molar-refractivity contribution >= 4 is 5.91 Å². The number of rotatable bonds is 4. The van der Waals surface area contributed by atoms with Gasteiger partial charge >= 0.3 is 0 Å². The maximum absolute atomic E-state index is 13.3. The fourth-order valence-corrected chi connectivity index (χ4v) is 3.31. The SMILES string of the molecule is O=C(NC1(Cc2cccc(F)c2)CCC1)C1CCOCC1. The van der Waals surface area contributed by atoms with Crippen molar-refractivity contribution in [1.29, 1.82) is 0 Å². The molecule has 0 atom stereocenters. The van der Waals surface area contributed by atoms with Crippen LogP contribution >= 0.6 is 0 Å². The van der Waals surface area contributed by atoms with Crippen LogP contribution in [0.15, 0.2) is 24.3 Å². The number of hydrogen-bond acceptors (Lipinski definition) is 2. The summed E-state index contributed by atoms with van der Waals surface area (Å²) >= 11 is 0. The molecule has 21 heavy (non-hydrogen) atoms. The Morgan fingerprint density at radius 3 is 2.71 bits per heavy atom. The second-order valence-corrected chi connectivity index (χ2v) is 6.32. The predicted molar refractivity (Wildman–Crippen MR) is 78.4 cm³/mol. The molecule has 0 aromatic heterocycles. The van der Waals surface area contributed by atoms with Gasteiger partial charge in [0.25, 0.3) is 0 Å². The van der Waals surface area contributed by atoms with E-state index >= 15 is 0 Å². The van der Waals surface area contributed by atoms with Crippen LogP contribution in [0.1, 0.15) is 37.7 Å². The van der Waals surface area contributed by atoms with Gasteiger partial charge in [-0.1, -0.05) is 12.1 Å². The van der Waals surface area contributed by atoms with Gasteiger partial charge in [0.05, 0.1) is 0 Å². The van der Waals surface area contributed by atoms with Crippen molar-refractivity contribution in [3.8, 4) is 0 Å². The van der Waals surface area contributed by atoms with E-state index in [1.807, 2.05) is 6.07 Å². The molecule has 3 nitrogen and oxygen atoms in total. The highest BCUT2D eigenvalue weighted by molar-refractivity contribution is 5.79.